The molecule has 20 heavy (non-hydrogen) atoms. The Morgan fingerprint density at radius 1 is 1.10 bits per heavy atom. The molecule has 0 radical (unpaired) electrons. The fourth-order valence-electron chi connectivity index (χ4n) is 4.74. The molecule has 4 saturated carbocycles. The largest absolute Gasteiger partial charge is 0.373 e. The van der Waals surface area contributed by atoms with Gasteiger partial charge in [0.25, 0.3) is 9.70 Å². The van der Waals surface area contributed by atoms with Crippen molar-refractivity contribution in [2.75, 3.05) is 13.2 Å². The van der Waals surface area contributed by atoms with Gasteiger partial charge < -0.3 is 10.1 Å². The third kappa shape index (κ3) is 3.21. The average Bonchev–Trinajstić information content (AvgIpc) is 2.31. The summed E-state index contributed by atoms with van der Waals surface area (Å²) in [7, 11) is 0. The molecule has 4 fully saturated rings. The van der Waals surface area contributed by atoms with Gasteiger partial charge in [-0.2, -0.15) is 0 Å². The third-order valence-electron chi connectivity index (χ3n) is 5.04. The number of hydrogen-bond acceptors (Lipinski definition) is 2. The number of nitrogens with one attached hydrogen (secondary N) is 1. The van der Waals surface area contributed by atoms with Crippen molar-refractivity contribution >= 4 is 40.7 Å². The van der Waals surface area contributed by atoms with E-state index in [-0.39, 0.29) is 5.60 Å². The van der Waals surface area contributed by atoms with Crippen LogP contribution in [0.5, 0.6) is 0 Å². The highest BCUT2D eigenvalue weighted by Gasteiger charge is 2.51. The van der Waals surface area contributed by atoms with Gasteiger partial charge in [-0.3, -0.25) is 4.79 Å². The summed E-state index contributed by atoms with van der Waals surface area (Å²) in [5.74, 6) is 1.99. The van der Waals surface area contributed by atoms with E-state index < -0.39 is 9.70 Å². The van der Waals surface area contributed by atoms with Gasteiger partial charge in [-0.1, -0.05) is 34.8 Å². The SMILES string of the molecule is O=C(NCCOC12CC3CC(CC(C3)C1)C2)C(Cl)(Cl)Cl. The van der Waals surface area contributed by atoms with Gasteiger partial charge in [-0.25, -0.2) is 0 Å². The Balaban J connectivity index is 1.46. The minimum absolute atomic E-state index is 0.0689. The lowest BCUT2D eigenvalue weighted by molar-refractivity contribution is -0.161. The monoisotopic (exact) mass is 339 g/mol. The summed E-state index contributed by atoms with van der Waals surface area (Å²) >= 11 is 16.5. The van der Waals surface area contributed by atoms with E-state index in [1.807, 2.05) is 0 Å². The minimum Gasteiger partial charge on any atom is -0.373 e. The van der Waals surface area contributed by atoms with Gasteiger partial charge in [0.05, 0.1) is 12.2 Å². The van der Waals surface area contributed by atoms with Gasteiger partial charge in [0.1, 0.15) is 0 Å². The molecule has 4 bridgehead atoms. The Morgan fingerprint density at radius 2 is 1.60 bits per heavy atom. The topological polar surface area (TPSA) is 38.3 Å². The first-order chi connectivity index (χ1) is 9.36. The quantitative estimate of drug-likeness (QED) is 0.629. The zero-order valence-electron chi connectivity index (χ0n) is 11.3. The van der Waals surface area contributed by atoms with Crippen molar-refractivity contribution in [3.63, 3.8) is 0 Å². The smallest absolute Gasteiger partial charge is 0.272 e. The van der Waals surface area contributed by atoms with Crippen LogP contribution in [0.4, 0.5) is 0 Å². The zero-order chi connectivity index (χ0) is 14.4. The average molecular weight is 341 g/mol. The van der Waals surface area contributed by atoms with Crippen LogP contribution >= 0.6 is 34.8 Å². The van der Waals surface area contributed by atoms with Crippen LogP contribution in [0.3, 0.4) is 0 Å². The summed E-state index contributed by atoms with van der Waals surface area (Å²) in [6.45, 7) is 0.896. The second-order valence-electron chi connectivity index (χ2n) is 6.70. The molecule has 0 aromatic rings. The number of alkyl halides is 3. The molecule has 0 atom stereocenters. The van der Waals surface area contributed by atoms with E-state index in [0.717, 1.165) is 17.8 Å². The molecule has 0 unspecified atom stereocenters. The molecule has 4 aliphatic rings. The third-order valence-corrected chi connectivity index (χ3v) is 5.55. The van der Waals surface area contributed by atoms with Crippen LogP contribution < -0.4 is 5.32 Å². The number of rotatable bonds is 4. The van der Waals surface area contributed by atoms with E-state index in [0.29, 0.717) is 13.2 Å². The highest BCUT2D eigenvalue weighted by atomic mass is 35.6. The molecule has 4 rings (SSSR count). The lowest BCUT2D eigenvalue weighted by atomic mass is 9.54. The second-order valence-corrected chi connectivity index (χ2v) is 8.98. The van der Waals surface area contributed by atoms with E-state index >= 15 is 0 Å². The molecule has 6 heteroatoms. The van der Waals surface area contributed by atoms with Crippen LogP contribution in [0.15, 0.2) is 0 Å². The number of carbonyl (C=O) groups excluding carboxylic acids is 1. The first-order valence-electron chi connectivity index (χ1n) is 7.35. The van der Waals surface area contributed by atoms with Gasteiger partial charge in [0.2, 0.25) is 0 Å². The molecule has 3 nitrogen and oxygen atoms in total. The van der Waals surface area contributed by atoms with Crippen LogP contribution in [0.1, 0.15) is 38.5 Å². The first kappa shape index (κ1) is 15.2. The molecule has 0 spiro atoms. The number of amides is 1. The Bertz CT molecular complexity index is 359. The minimum atomic E-state index is -1.89. The van der Waals surface area contributed by atoms with Gasteiger partial charge in [0.15, 0.2) is 0 Å². The maximum atomic E-state index is 11.4. The highest BCUT2D eigenvalue weighted by Crippen LogP contribution is 2.57. The van der Waals surface area contributed by atoms with Crippen LogP contribution in [0.25, 0.3) is 0 Å². The molecule has 0 aromatic carbocycles. The van der Waals surface area contributed by atoms with Crippen molar-refractivity contribution in [2.45, 2.75) is 47.9 Å². The van der Waals surface area contributed by atoms with Gasteiger partial charge in [-0.05, 0) is 56.3 Å². The number of halogens is 3. The number of hydrogen-bond donors (Lipinski definition) is 1. The van der Waals surface area contributed by atoms with Crippen molar-refractivity contribution in [1.29, 1.82) is 0 Å². The fraction of sp³-hybridized carbons (Fsp3) is 0.929. The van der Waals surface area contributed by atoms with Crippen LogP contribution in [-0.4, -0.2) is 28.5 Å². The summed E-state index contributed by atoms with van der Waals surface area (Å²) in [5.41, 5.74) is 0.0689. The molecule has 4 aliphatic carbocycles. The molecule has 1 amide bonds. The summed E-state index contributed by atoms with van der Waals surface area (Å²) < 4.78 is 4.27. The summed E-state index contributed by atoms with van der Waals surface area (Å²) in [4.78, 5) is 11.4. The molecule has 1 N–H and O–H groups in total. The summed E-state index contributed by atoms with van der Waals surface area (Å²) in [6, 6.07) is 0. The van der Waals surface area contributed by atoms with Gasteiger partial charge in [-0.15, -0.1) is 0 Å². The Hall–Kier alpha value is 0.300. The molecule has 0 aliphatic heterocycles. The van der Waals surface area contributed by atoms with E-state index in [4.69, 9.17) is 39.5 Å². The number of ether oxygens (including phenoxy) is 1. The van der Waals surface area contributed by atoms with E-state index in [1.165, 1.54) is 38.5 Å². The second kappa shape index (κ2) is 5.49. The first-order valence-corrected chi connectivity index (χ1v) is 8.49. The van der Waals surface area contributed by atoms with Crippen LogP contribution in [0.2, 0.25) is 0 Å². The number of carbonyl (C=O) groups is 1. The van der Waals surface area contributed by atoms with Crippen molar-refractivity contribution < 1.29 is 9.53 Å². The van der Waals surface area contributed by atoms with E-state index in [2.05, 4.69) is 5.32 Å². The predicted molar refractivity (Wildman–Crippen MR) is 80.2 cm³/mol. The molecule has 0 aromatic heterocycles. The maximum absolute atomic E-state index is 11.4. The maximum Gasteiger partial charge on any atom is 0.272 e. The van der Waals surface area contributed by atoms with Crippen molar-refractivity contribution in [3.8, 4) is 0 Å². The molecular weight excluding hydrogens is 321 g/mol. The highest BCUT2D eigenvalue weighted by molar-refractivity contribution is 6.76. The summed E-state index contributed by atoms with van der Waals surface area (Å²) in [6.07, 6.45) is 7.76. The zero-order valence-corrected chi connectivity index (χ0v) is 13.6. The van der Waals surface area contributed by atoms with Gasteiger partial charge >= 0.3 is 0 Å². The fourth-order valence-corrected chi connectivity index (χ4v) is 4.94. The molecule has 114 valence electrons. The molecule has 0 saturated heterocycles. The predicted octanol–water partition coefficient (Wildman–Crippen LogP) is 3.46. The Labute approximate surface area is 134 Å². The summed E-state index contributed by atoms with van der Waals surface area (Å²) in [5, 5.41) is 2.60. The Kier molecular flexibility index (Phi) is 4.18. The van der Waals surface area contributed by atoms with E-state index in [1.54, 1.807) is 0 Å². The lowest BCUT2D eigenvalue weighted by Crippen LogP contribution is -2.52. The normalized spacial score (nSPS) is 39.0. The molecular formula is C14H20Cl3NO2. The standard InChI is InChI=1S/C14H20Cl3NO2/c15-14(16,17)12(19)18-1-2-20-13-6-9-3-10(7-13)5-11(4-9)8-13/h9-11H,1-8H2,(H,18,19). The van der Waals surface area contributed by atoms with E-state index in [9.17, 15) is 4.79 Å². The Morgan fingerprint density at radius 3 is 2.05 bits per heavy atom. The van der Waals surface area contributed by atoms with Crippen molar-refractivity contribution in [2.24, 2.45) is 17.8 Å². The van der Waals surface area contributed by atoms with Crippen LogP contribution in [-0.2, 0) is 9.53 Å². The van der Waals surface area contributed by atoms with Crippen molar-refractivity contribution in [3.05, 3.63) is 0 Å². The molecule has 0 heterocycles. The van der Waals surface area contributed by atoms with Gasteiger partial charge in [0, 0.05) is 6.54 Å². The lowest BCUT2D eigenvalue weighted by Gasteiger charge is -2.56. The van der Waals surface area contributed by atoms with Crippen molar-refractivity contribution in [1.82, 2.24) is 5.32 Å². The van der Waals surface area contributed by atoms with Crippen LogP contribution in [0, 0.1) is 17.8 Å².